The molecule has 2 aromatic rings. The van der Waals surface area contributed by atoms with Crippen LogP contribution >= 0.6 is 23.2 Å². The normalized spacial score (nSPS) is 25.1. The average Bonchev–Trinajstić information content (AvgIpc) is 3.47. The molecule has 2 aliphatic heterocycles. The number of carboxylic acids is 1. The Morgan fingerprint density at radius 2 is 2.00 bits per heavy atom. The number of amides is 2. The summed E-state index contributed by atoms with van der Waals surface area (Å²) in [6.45, 7) is 4.71. The number of rotatable bonds is 7. The van der Waals surface area contributed by atoms with Crippen LogP contribution in [0.15, 0.2) is 16.7 Å². The number of carbonyl (C=O) groups is 3. The molecule has 0 spiro atoms. The maximum atomic E-state index is 14.2. The number of carbonyl (C=O) groups excluding carboxylic acids is 2. The van der Waals surface area contributed by atoms with Crippen LogP contribution in [0.2, 0.25) is 10.0 Å². The Hall–Kier alpha value is -2.78. The summed E-state index contributed by atoms with van der Waals surface area (Å²) in [5.74, 6) is -0.743. The van der Waals surface area contributed by atoms with Crippen molar-refractivity contribution in [2.45, 2.75) is 71.4 Å². The zero-order valence-electron chi connectivity index (χ0n) is 22.2. The molecule has 210 valence electrons. The molecule has 9 nitrogen and oxygen atoms in total. The van der Waals surface area contributed by atoms with E-state index < -0.39 is 23.3 Å². The Morgan fingerprint density at radius 3 is 2.67 bits per heavy atom. The fourth-order valence-corrected chi connectivity index (χ4v) is 6.68. The van der Waals surface area contributed by atoms with E-state index in [2.05, 4.69) is 5.16 Å². The first-order chi connectivity index (χ1) is 18.6. The van der Waals surface area contributed by atoms with Gasteiger partial charge in [-0.2, -0.15) is 0 Å². The molecule has 3 atom stereocenters. The lowest BCUT2D eigenvalue weighted by Gasteiger charge is -2.45. The van der Waals surface area contributed by atoms with Crippen molar-refractivity contribution >= 4 is 41.0 Å². The van der Waals surface area contributed by atoms with E-state index in [-0.39, 0.29) is 25.0 Å². The summed E-state index contributed by atoms with van der Waals surface area (Å²) < 4.78 is 11.4. The number of hydrogen-bond acceptors (Lipinski definition) is 6. The SMILES string of the molecule is Cc1onc(COc2ccc(Cl)c3c2C(CN2CCCC2=O)N(C(=O)C2CCCC[C@]2(C)C(=O)O)CC3)c1Cl. The van der Waals surface area contributed by atoms with Crippen molar-refractivity contribution < 1.29 is 28.8 Å². The number of likely N-dealkylation sites (tertiary alicyclic amines) is 1. The van der Waals surface area contributed by atoms with Crippen LogP contribution in [0, 0.1) is 18.3 Å². The molecule has 1 aromatic carbocycles. The van der Waals surface area contributed by atoms with Crippen molar-refractivity contribution in [3.8, 4) is 5.75 Å². The molecular weight excluding hydrogens is 545 g/mol. The number of aryl methyl sites for hydroxylation is 1. The zero-order valence-corrected chi connectivity index (χ0v) is 23.7. The summed E-state index contributed by atoms with van der Waals surface area (Å²) in [6, 6.07) is 2.99. The van der Waals surface area contributed by atoms with Gasteiger partial charge in [0.25, 0.3) is 0 Å². The maximum absolute atomic E-state index is 14.2. The molecule has 2 unspecified atom stereocenters. The summed E-state index contributed by atoms with van der Waals surface area (Å²) >= 11 is 13.0. The zero-order chi connectivity index (χ0) is 27.9. The second-order valence-corrected chi connectivity index (χ2v) is 11.8. The van der Waals surface area contributed by atoms with Crippen LogP contribution in [-0.4, -0.2) is 57.5 Å². The van der Waals surface area contributed by atoms with Gasteiger partial charge in [0.05, 0.1) is 17.4 Å². The van der Waals surface area contributed by atoms with E-state index in [1.807, 2.05) is 0 Å². The Labute approximate surface area is 237 Å². The van der Waals surface area contributed by atoms with Gasteiger partial charge in [0.1, 0.15) is 23.1 Å². The van der Waals surface area contributed by atoms with Gasteiger partial charge in [-0.25, -0.2) is 0 Å². The monoisotopic (exact) mass is 577 g/mol. The minimum absolute atomic E-state index is 0.0388. The fourth-order valence-electron chi connectivity index (χ4n) is 6.29. The standard InChI is InChI=1S/C28H33Cl2N3O6/c1-16-25(30)20(31-39-16)15-38-22-9-8-19(29)17-10-13-33(21(24(17)22)14-32-12-5-7-23(32)34)26(35)18-6-3-4-11-28(18,2)27(36)37/h8-9,18,21H,3-7,10-15H2,1-2H3,(H,36,37)/t18?,21?,28-/m0/s1. The highest BCUT2D eigenvalue weighted by molar-refractivity contribution is 6.32. The van der Waals surface area contributed by atoms with Crippen LogP contribution in [0.3, 0.4) is 0 Å². The second-order valence-electron chi connectivity index (χ2n) is 11.0. The second kappa shape index (κ2) is 11.0. The molecule has 1 N–H and O–H groups in total. The molecule has 2 fully saturated rings. The lowest BCUT2D eigenvalue weighted by Crippen LogP contribution is -2.52. The summed E-state index contributed by atoms with van der Waals surface area (Å²) in [5.41, 5.74) is 0.916. The number of aliphatic carboxylic acids is 1. The lowest BCUT2D eigenvalue weighted by atomic mass is 9.66. The molecule has 1 aromatic heterocycles. The van der Waals surface area contributed by atoms with E-state index in [9.17, 15) is 19.5 Å². The van der Waals surface area contributed by atoms with Gasteiger partial charge >= 0.3 is 5.97 Å². The van der Waals surface area contributed by atoms with Gasteiger partial charge in [0.15, 0.2) is 5.76 Å². The molecule has 1 saturated heterocycles. The minimum Gasteiger partial charge on any atom is -0.487 e. The molecule has 3 heterocycles. The Morgan fingerprint density at radius 1 is 1.21 bits per heavy atom. The van der Waals surface area contributed by atoms with Crippen molar-refractivity contribution in [1.82, 2.24) is 15.0 Å². The van der Waals surface area contributed by atoms with Gasteiger partial charge in [-0.1, -0.05) is 41.2 Å². The molecule has 5 rings (SSSR count). The Kier molecular flexibility index (Phi) is 7.84. The molecule has 1 saturated carbocycles. The number of hydrogen-bond donors (Lipinski definition) is 1. The van der Waals surface area contributed by atoms with Gasteiger partial charge in [0, 0.05) is 36.6 Å². The highest BCUT2D eigenvalue weighted by Gasteiger charge is 2.50. The van der Waals surface area contributed by atoms with E-state index in [4.69, 9.17) is 32.5 Å². The van der Waals surface area contributed by atoms with Crippen LogP contribution in [0.1, 0.15) is 74.1 Å². The first-order valence-corrected chi connectivity index (χ1v) is 14.2. The van der Waals surface area contributed by atoms with Gasteiger partial charge in [-0.15, -0.1) is 0 Å². The molecule has 2 amide bonds. The maximum Gasteiger partial charge on any atom is 0.310 e. The number of nitrogens with zero attached hydrogens (tertiary/aromatic N) is 3. The number of fused-ring (bicyclic) bond motifs is 1. The van der Waals surface area contributed by atoms with E-state index in [0.717, 1.165) is 30.4 Å². The fraction of sp³-hybridized carbons (Fsp3) is 0.571. The van der Waals surface area contributed by atoms with E-state index >= 15 is 0 Å². The molecule has 0 bridgehead atoms. The topological polar surface area (TPSA) is 113 Å². The third-order valence-electron chi connectivity index (χ3n) is 8.63. The minimum atomic E-state index is -1.14. The van der Waals surface area contributed by atoms with E-state index in [0.29, 0.717) is 66.0 Å². The number of carboxylic acid groups (broad SMARTS) is 1. The summed E-state index contributed by atoms with van der Waals surface area (Å²) in [6.07, 6.45) is 4.27. The van der Waals surface area contributed by atoms with Crippen LogP contribution in [0.25, 0.3) is 0 Å². The smallest absolute Gasteiger partial charge is 0.310 e. The third kappa shape index (κ3) is 5.11. The van der Waals surface area contributed by atoms with Crippen molar-refractivity contribution in [3.05, 3.63) is 44.8 Å². The average molecular weight is 578 g/mol. The molecule has 11 heteroatoms. The van der Waals surface area contributed by atoms with Crippen LogP contribution < -0.4 is 4.74 Å². The van der Waals surface area contributed by atoms with Crippen LogP contribution in [-0.2, 0) is 27.4 Å². The predicted molar refractivity (Wildman–Crippen MR) is 144 cm³/mol. The lowest BCUT2D eigenvalue weighted by molar-refractivity contribution is -0.162. The molecule has 1 aliphatic carbocycles. The highest BCUT2D eigenvalue weighted by Crippen LogP contribution is 2.46. The largest absolute Gasteiger partial charge is 0.487 e. The van der Waals surface area contributed by atoms with Crippen LogP contribution in [0.5, 0.6) is 5.75 Å². The van der Waals surface area contributed by atoms with Crippen molar-refractivity contribution in [2.24, 2.45) is 11.3 Å². The Balaban J connectivity index is 1.53. The number of halogens is 2. The van der Waals surface area contributed by atoms with Crippen molar-refractivity contribution in [2.75, 3.05) is 19.6 Å². The third-order valence-corrected chi connectivity index (χ3v) is 9.47. The van der Waals surface area contributed by atoms with Crippen LogP contribution in [0.4, 0.5) is 0 Å². The summed E-state index contributed by atoms with van der Waals surface area (Å²) in [4.78, 5) is 42.8. The van der Waals surface area contributed by atoms with Crippen molar-refractivity contribution in [1.29, 1.82) is 0 Å². The summed E-state index contributed by atoms with van der Waals surface area (Å²) in [7, 11) is 0. The van der Waals surface area contributed by atoms with Gasteiger partial charge in [-0.3, -0.25) is 14.4 Å². The summed E-state index contributed by atoms with van der Waals surface area (Å²) in [5, 5.41) is 15.0. The number of benzene rings is 1. The van der Waals surface area contributed by atoms with Gasteiger partial charge in [-0.05, 0) is 57.2 Å². The Bertz CT molecular complexity index is 1300. The van der Waals surface area contributed by atoms with Crippen molar-refractivity contribution in [3.63, 3.8) is 0 Å². The first-order valence-electron chi connectivity index (χ1n) is 13.5. The molecule has 39 heavy (non-hydrogen) atoms. The number of ether oxygens (including phenoxy) is 1. The van der Waals surface area contributed by atoms with Gasteiger partial charge < -0.3 is 24.2 Å². The van der Waals surface area contributed by atoms with Gasteiger partial charge in [0.2, 0.25) is 11.8 Å². The quantitative estimate of drug-likeness (QED) is 0.481. The number of aromatic nitrogens is 1. The predicted octanol–water partition coefficient (Wildman–Crippen LogP) is 5.20. The highest BCUT2D eigenvalue weighted by atomic mass is 35.5. The van der Waals surface area contributed by atoms with E-state index in [1.54, 1.807) is 35.8 Å². The molecule has 0 radical (unpaired) electrons. The molecule has 3 aliphatic rings. The molecular formula is C28H33Cl2N3O6. The first kappa shape index (κ1) is 27.8. The van der Waals surface area contributed by atoms with E-state index in [1.165, 1.54) is 0 Å².